The Labute approximate surface area is 139 Å². The number of nitrogens with zero attached hydrogens (tertiary/aromatic N) is 1. The van der Waals surface area contributed by atoms with Crippen LogP contribution in [0.3, 0.4) is 0 Å². The molecule has 5 nitrogen and oxygen atoms in total. The molecule has 0 aliphatic rings. The highest BCUT2D eigenvalue weighted by Crippen LogP contribution is 2.22. The number of carbonyl (C=O) groups excluding carboxylic acids is 1. The summed E-state index contributed by atoms with van der Waals surface area (Å²) in [5.74, 6) is -0.520. The van der Waals surface area contributed by atoms with E-state index in [-0.39, 0.29) is 12.5 Å². The van der Waals surface area contributed by atoms with Gasteiger partial charge in [0.15, 0.2) is 6.61 Å². The summed E-state index contributed by atoms with van der Waals surface area (Å²) >= 11 is 1.62. The van der Waals surface area contributed by atoms with Crippen LogP contribution in [0.1, 0.15) is 25.7 Å². The van der Waals surface area contributed by atoms with Gasteiger partial charge in [0.1, 0.15) is 5.75 Å². The normalized spacial score (nSPS) is 10.4. The fourth-order valence-electron chi connectivity index (χ4n) is 2.23. The highest BCUT2D eigenvalue weighted by molar-refractivity contribution is 7.12. The van der Waals surface area contributed by atoms with Gasteiger partial charge in [0, 0.05) is 23.3 Å². The van der Waals surface area contributed by atoms with Crippen LogP contribution in [0.2, 0.25) is 0 Å². The maximum absolute atomic E-state index is 12.5. The standard InChI is InChI=1S/C17H19NO4S/c1-11-8-15(12(2)23-11)17(21)18(3)9-13-4-6-14(7-5-13)22-10-16(19)20/h4-8H,9-10H2,1-3H3,(H,19,20). The number of hydrogen-bond acceptors (Lipinski definition) is 4. The van der Waals surface area contributed by atoms with Crippen LogP contribution >= 0.6 is 11.3 Å². The van der Waals surface area contributed by atoms with E-state index in [0.29, 0.717) is 12.3 Å². The zero-order valence-electron chi connectivity index (χ0n) is 13.3. The van der Waals surface area contributed by atoms with Crippen LogP contribution < -0.4 is 4.74 Å². The van der Waals surface area contributed by atoms with Crippen molar-refractivity contribution in [3.05, 3.63) is 51.2 Å². The van der Waals surface area contributed by atoms with Gasteiger partial charge in [-0.3, -0.25) is 4.79 Å². The third kappa shape index (κ3) is 4.56. The van der Waals surface area contributed by atoms with Gasteiger partial charge in [0.25, 0.3) is 5.91 Å². The summed E-state index contributed by atoms with van der Waals surface area (Å²) in [5.41, 5.74) is 1.70. The lowest BCUT2D eigenvalue weighted by atomic mass is 10.2. The Kier molecular flexibility index (Phi) is 5.39. The maximum Gasteiger partial charge on any atom is 0.341 e. The third-order valence-electron chi connectivity index (χ3n) is 3.32. The minimum atomic E-state index is -1.01. The predicted octanol–water partition coefficient (Wildman–Crippen LogP) is 3.10. The number of thiophene rings is 1. The monoisotopic (exact) mass is 333 g/mol. The van der Waals surface area contributed by atoms with E-state index in [1.807, 2.05) is 32.0 Å². The van der Waals surface area contributed by atoms with E-state index in [1.54, 1.807) is 35.4 Å². The predicted molar refractivity (Wildman–Crippen MR) is 89.2 cm³/mol. The molecule has 0 spiro atoms. The molecule has 0 atom stereocenters. The van der Waals surface area contributed by atoms with E-state index in [1.165, 1.54) is 0 Å². The Bertz CT molecular complexity index is 706. The number of carbonyl (C=O) groups is 2. The molecule has 0 saturated heterocycles. The van der Waals surface area contributed by atoms with Crippen LogP contribution in [-0.2, 0) is 11.3 Å². The summed E-state index contributed by atoms with van der Waals surface area (Å²) < 4.78 is 5.08. The number of aliphatic carboxylic acids is 1. The second-order valence-corrected chi connectivity index (χ2v) is 6.77. The van der Waals surface area contributed by atoms with Crippen molar-refractivity contribution in [2.45, 2.75) is 20.4 Å². The lowest BCUT2D eigenvalue weighted by Gasteiger charge is -2.17. The van der Waals surface area contributed by atoms with E-state index >= 15 is 0 Å². The van der Waals surface area contributed by atoms with Crippen molar-refractivity contribution < 1.29 is 19.4 Å². The van der Waals surface area contributed by atoms with E-state index in [0.717, 1.165) is 20.9 Å². The number of rotatable bonds is 6. The molecule has 1 N–H and O–H groups in total. The first kappa shape index (κ1) is 17.0. The molecule has 0 aliphatic carbocycles. The van der Waals surface area contributed by atoms with Gasteiger partial charge >= 0.3 is 5.97 Å². The van der Waals surface area contributed by atoms with Crippen molar-refractivity contribution in [3.63, 3.8) is 0 Å². The number of hydrogen-bond donors (Lipinski definition) is 1. The molecule has 1 aromatic carbocycles. The van der Waals surface area contributed by atoms with Gasteiger partial charge < -0.3 is 14.7 Å². The molecule has 6 heteroatoms. The lowest BCUT2D eigenvalue weighted by Crippen LogP contribution is -2.26. The first-order valence-corrected chi connectivity index (χ1v) is 7.94. The second-order valence-electron chi connectivity index (χ2n) is 5.31. The molecule has 23 heavy (non-hydrogen) atoms. The highest BCUT2D eigenvalue weighted by atomic mass is 32.1. The molecule has 0 fully saturated rings. The smallest absolute Gasteiger partial charge is 0.341 e. The summed E-state index contributed by atoms with van der Waals surface area (Å²) in [6.45, 7) is 4.05. The molecule has 1 aromatic heterocycles. The number of aryl methyl sites for hydroxylation is 2. The Morgan fingerprint density at radius 3 is 2.39 bits per heavy atom. The topological polar surface area (TPSA) is 66.8 Å². The molecule has 0 unspecified atom stereocenters. The van der Waals surface area contributed by atoms with Crippen molar-refractivity contribution in [1.82, 2.24) is 4.90 Å². The molecular weight excluding hydrogens is 314 g/mol. The number of carboxylic acids is 1. The quantitative estimate of drug-likeness (QED) is 0.882. The first-order chi connectivity index (χ1) is 10.9. The van der Waals surface area contributed by atoms with Gasteiger partial charge in [-0.25, -0.2) is 4.79 Å². The van der Waals surface area contributed by atoms with E-state index < -0.39 is 5.97 Å². The molecule has 0 radical (unpaired) electrons. The van der Waals surface area contributed by atoms with Crippen LogP contribution in [0.5, 0.6) is 5.75 Å². The van der Waals surface area contributed by atoms with Gasteiger partial charge in [-0.15, -0.1) is 11.3 Å². The minimum Gasteiger partial charge on any atom is -0.482 e. The summed E-state index contributed by atoms with van der Waals surface area (Å²) in [6.07, 6.45) is 0. The molecule has 2 aromatic rings. The average molecular weight is 333 g/mol. The fourth-order valence-corrected chi connectivity index (χ4v) is 3.15. The maximum atomic E-state index is 12.5. The minimum absolute atomic E-state index is 0.00180. The van der Waals surface area contributed by atoms with Gasteiger partial charge in [0.05, 0.1) is 5.56 Å². The van der Waals surface area contributed by atoms with Crippen LogP contribution in [-0.4, -0.2) is 35.5 Å². The molecule has 1 amide bonds. The Hall–Kier alpha value is -2.34. The van der Waals surface area contributed by atoms with Crippen LogP contribution in [0.15, 0.2) is 30.3 Å². The third-order valence-corrected chi connectivity index (χ3v) is 4.29. The van der Waals surface area contributed by atoms with Gasteiger partial charge in [0.2, 0.25) is 0 Å². The molecule has 0 saturated carbocycles. The zero-order valence-corrected chi connectivity index (χ0v) is 14.1. The SMILES string of the molecule is Cc1cc(C(=O)N(C)Cc2ccc(OCC(=O)O)cc2)c(C)s1. The van der Waals surface area contributed by atoms with Crippen LogP contribution in [0.25, 0.3) is 0 Å². The summed E-state index contributed by atoms with van der Waals surface area (Å²) in [7, 11) is 1.77. The molecule has 2 rings (SSSR count). The van der Waals surface area contributed by atoms with Gasteiger partial charge in [-0.05, 0) is 37.6 Å². The Morgan fingerprint density at radius 1 is 1.22 bits per heavy atom. The first-order valence-electron chi connectivity index (χ1n) is 7.13. The van der Waals surface area contributed by atoms with Crippen LogP contribution in [0.4, 0.5) is 0 Å². The van der Waals surface area contributed by atoms with Crippen molar-refractivity contribution in [3.8, 4) is 5.75 Å². The fraction of sp³-hybridized carbons (Fsp3) is 0.294. The number of carboxylic acid groups (broad SMARTS) is 1. The van der Waals surface area contributed by atoms with E-state index in [4.69, 9.17) is 9.84 Å². The molecule has 1 heterocycles. The summed E-state index contributed by atoms with van der Waals surface area (Å²) in [5, 5.41) is 8.57. The molecule has 0 aliphatic heterocycles. The molecule has 0 bridgehead atoms. The number of benzene rings is 1. The van der Waals surface area contributed by atoms with Gasteiger partial charge in [-0.1, -0.05) is 12.1 Å². The Morgan fingerprint density at radius 2 is 1.87 bits per heavy atom. The van der Waals surface area contributed by atoms with E-state index in [9.17, 15) is 9.59 Å². The van der Waals surface area contributed by atoms with Crippen LogP contribution in [0, 0.1) is 13.8 Å². The van der Waals surface area contributed by atoms with Crippen molar-refractivity contribution in [2.24, 2.45) is 0 Å². The van der Waals surface area contributed by atoms with Crippen molar-refractivity contribution in [1.29, 1.82) is 0 Å². The zero-order chi connectivity index (χ0) is 17.0. The molecular formula is C17H19NO4S. The van der Waals surface area contributed by atoms with Crippen molar-refractivity contribution >= 4 is 23.2 Å². The second kappa shape index (κ2) is 7.28. The Balaban J connectivity index is 1.99. The molecule has 122 valence electrons. The largest absolute Gasteiger partial charge is 0.482 e. The highest BCUT2D eigenvalue weighted by Gasteiger charge is 2.16. The summed E-state index contributed by atoms with van der Waals surface area (Å²) in [4.78, 5) is 26.7. The summed E-state index contributed by atoms with van der Waals surface area (Å²) in [6, 6.07) is 8.98. The van der Waals surface area contributed by atoms with Gasteiger partial charge in [-0.2, -0.15) is 0 Å². The van der Waals surface area contributed by atoms with Crippen molar-refractivity contribution in [2.75, 3.05) is 13.7 Å². The average Bonchev–Trinajstić information content (AvgIpc) is 2.84. The van der Waals surface area contributed by atoms with E-state index in [2.05, 4.69) is 0 Å². The number of ether oxygens (including phenoxy) is 1. The number of amides is 1. The lowest BCUT2D eigenvalue weighted by molar-refractivity contribution is -0.139.